The number of phenolic OH excluding ortho intramolecular Hbond substituents is 1. The molecule has 3 aromatic rings. The summed E-state index contributed by atoms with van der Waals surface area (Å²) in [4.78, 5) is 15.0. The van der Waals surface area contributed by atoms with Gasteiger partial charge in [-0.1, -0.05) is 23.8 Å². The molecule has 0 saturated carbocycles. The predicted octanol–water partition coefficient (Wildman–Crippen LogP) is 0.688. The number of aromatic hydroxyl groups is 1. The van der Waals surface area contributed by atoms with E-state index in [2.05, 4.69) is 40.7 Å². The zero-order chi connectivity index (χ0) is 20.9. The van der Waals surface area contributed by atoms with Crippen LogP contribution in [-0.4, -0.2) is 60.5 Å². The number of anilines is 1. The molecule has 0 bridgehead atoms. The van der Waals surface area contributed by atoms with Gasteiger partial charge in [-0.05, 0) is 53.9 Å². The van der Waals surface area contributed by atoms with Gasteiger partial charge in [-0.3, -0.25) is 9.69 Å². The van der Waals surface area contributed by atoms with E-state index < -0.39 is 5.91 Å². The van der Waals surface area contributed by atoms with E-state index in [1.54, 1.807) is 18.2 Å². The average molecular weight is 411 g/mol. The molecule has 2 aromatic heterocycles. The number of rotatable bonds is 6. The fraction of sp³-hybridized carbons (Fsp3) is 0.333. The Balaban J connectivity index is 1.57. The number of phenols is 1. The maximum Gasteiger partial charge on any atom is 0.293 e. The van der Waals surface area contributed by atoms with E-state index in [1.165, 1.54) is 23.4 Å². The van der Waals surface area contributed by atoms with Gasteiger partial charge in [0.1, 0.15) is 5.75 Å². The Morgan fingerprint density at radius 1 is 1.30 bits per heavy atom. The first kappa shape index (κ1) is 19.5. The summed E-state index contributed by atoms with van der Waals surface area (Å²) in [6.45, 7) is 2.27. The van der Waals surface area contributed by atoms with Crippen molar-refractivity contribution in [2.75, 3.05) is 18.8 Å². The molecule has 1 saturated heterocycles. The van der Waals surface area contributed by atoms with E-state index in [9.17, 15) is 9.90 Å². The van der Waals surface area contributed by atoms with Gasteiger partial charge in [0.15, 0.2) is 5.69 Å². The number of aromatic nitrogens is 5. The van der Waals surface area contributed by atoms with Crippen LogP contribution in [0.5, 0.6) is 5.75 Å². The van der Waals surface area contributed by atoms with E-state index >= 15 is 0 Å². The van der Waals surface area contributed by atoms with Gasteiger partial charge in [-0.25, -0.2) is 10.1 Å². The first-order chi connectivity index (χ1) is 14.6. The number of nitrogens with zero attached hydrogens (tertiary/aromatic N) is 7. The lowest BCUT2D eigenvalue weighted by Crippen LogP contribution is -2.31. The Kier molecular flexibility index (Phi) is 5.66. The van der Waals surface area contributed by atoms with Crippen LogP contribution < -0.4 is 11.2 Å². The van der Waals surface area contributed by atoms with E-state index in [1.807, 2.05) is 0 Å². The van der Waals surface area contributed by atoms with Gasteiger partial charge < -0.3 is 10.8 Å². The van der Waals surface area contributed by atoms with Gasteiger partial charge in [0.25, 0.3) is 5.91 Å². The second-order valence-corrected chi connectivity index (χ2v) is 6.90. The van der Waals surface area contributed by atoms with Crippen molar-refractivity contribution < 1.29 is 14.5 Å². The van der Waals surface area contributed by atoms with Crippen molar-refractivity contribution in [2.24, 2.45) is 5.10 Å². The fourth-order valence-corrected chi connectivity index (χ4v) is 3.28. The molecule has 12 nitrogen and oxygen atoms in total. The van der Waals surface area contributed by atoms with Crippen molar-refractivity contribution in [3.8, 4) is 11.6 Å². The lowest BCUT2D eigenvalue weighted by Gasteiger charge is -2.26. The van der Waals surface area contributed by atoms with Crippen LogP contribution in [0.1, 0.15) is 41.0 Å². The Labute approximate surface area is 171 Å². The van der Waals surface area contributed by atoms with Crippen LogP contribution in [0.4, 0.5) is 5.82 Å². The normalized spacial score (nSPS) is 14.9. The minimum absolute atomic E-state index is 0.0497. The molecule has 4 rings (SSSR count). The number of nitrogens with two attached hydrogens (primary N) is 1. The molecule has 0 aliphatic carbocycles. The molecule has 1 fully saturated rings. The highest BCUT2D eigenvalue weighted by molar-refractivity contribution is 5.94. The van der Waals surface area contributed by atoms with E-state index in [4.69, 9.17) is 5.73 Å². The minimum Gasteiger partial charge on any atom is -0.508 e. The number of nitrogens with one attached hydrogen (secondary N) is 1. The number of likely N-dealkylation sites (tertiary alicyclic amines) is 1. The van der Waals surface area contributed by atoms with Crippen LogP contribution in [0.25, 0.3) is 5.82 Å². The summed E-state index contributed by atoms with van der Waals surface area (Å²) in [7, 11) is 0. The number of amides is 1. The molecule has 3 heterocycles. The Morgan fingerprint density at radius 3 is 2.87 bits per heavy atom. The van der Waals surface area contributed by atoms with Gasteiger partial charge in [0, 0.05) is 6.54 Å². The summed E-state index contributed by atoms with van der Waals surface area (Å²) in [6.07, 6.45) is 4.78. The van der Waals surface area contributed by atoms with Crippen LogP contribution >= 0.6 is 0 Å². The molecule has 1 aliphatic rings. The zero-order valence-corrected chi connectivity index (χ0v) is 16.1. The van der Waals surface area contributed by atoms with E-state index in [0.29, 0.717) is 17.8 Å². The molecule has 30 heavy (non-hydrogen) atoms. The van der Waals surface area contributed by atoms with Crippen LogP contribution in [0, 0.1) is 0 Å². The number of carbonyl (C=O) groups excluding carboxylic acids is 1. The van der Waals surface area contributed by atoms with Gasteiger partial charge in [0.2, 0.25) is 11.6 Å². The topological polar surface area (TPSA) is 161 Å². The summed E-state index contributed by atoms with van der Waals surface area (Å²) in [5.41, 5.74) is 9.50. The SMILES string of the molecule is Nc1nonc1-n1nnc(C(=O)N/N=C/c2cccc(O)c2)c1CN1CCCCC1. The summed E-state index contributed by atoms with van der Waals surface area (Å²) < 4.78 is 6.04. The average Bonchev–Trinajstić information content (AvgIpc) is 3.34. The third-order valence-electron chi connectivity index (χ3n) is 4.75. The first-order valence-electron chi connectivity index (χ1n) is 9.49. The number of hydrazone groups is 1. The van der Waals surface area contributed by atoms with Crippen LogP contribution in [0.15, 0.2) is 34.0 Å². The van der Waals surface area contributed by atoms with Crippen molar-refractivity contribution in [3.63, 3.8) is 0 Å². The van der Waals surface area contributed by atoms with Gasteiger partial charge in [-0.15, -0.1) is 5.10 Å². The molecule has 4 N–H and O–H groups in total. The monoisotopic (exact) mass is 411 g/mol. The molecule has 0 spiro atoms. The third-order valence-corrected chi connectivity index (χ3v) is 4.75. The molecule has 12 heteroatoms. The summed E-state index contributed by atoms with van der Waals surface area (Å²) in [5.74, 6) is -0.194. The second-order valence-electron chi connectivity index (χ2n) is 6.90. The molecule has 1 amide bonds. The number of benzene rings is 1. The summed E-state index contributed by atoms with van der Waals surface area (Å²) in [5, 5.41) is 28.8. The van der Waals surface area contributed by atoms with Crippen molar-refractivity contribution in [3.05, 3.63) is 41.2 Å². The predicted molar refractivity (Wildman–Crippen MR) is 106 cm³/mol. The molecule has 0 unspecified atom stereocenters. The van der Waals surface area contributed by atoms with Crippen molar-refractivity contribution in [1.29, 1.82) is 0 Å². The van der Waals surface area contributed by atoms with Crippen molar-refractivity contribution in [1.82, 2.24) is 35.6 Å². The fourth-order valence-electron chi connectivity index (χ4n) is 3.28. The molecule has 156 valence electrons. The highest BCUT2D eigenvalue weighted by Crippen LogP contribution is 2.19. The minimum atomic E-state index is -0.528. The molecular formula is C18H21N9O3. The Morgan fingerprint density at radius 2 is 2.13 bits per heavy atom. The number of hydrogen-bond acceptors (Lipinski definition) is 10. The molecular weight excluding hydrogens is 390 g/mol. The molecule has 0 atom stereocenters. The van der Waals surface area contributed by atoms with Crippen molar-refractivity contribution >= 4 is 17.9 Å². The van der Waals surface area contributed by atoms with Crippen LogP contribution in [0.2, 0.25) is 0 Å². The third kappa shape index (κ3) is 4.27. The number of hydrogen-bond donors (Lipinski definition) is 3. The van der Waals surface area contributed by atoms with Crippen LogP contribution in [-0.2, 0) is 6.54 Å². The Bertz CT molecular complexity index is 1050. The lowest BCUT2D eigenvalue weighted by molar-refractivity contribution is 0.0947. The lowest BCUT2D eigenvalue weighted by atomic mass is 10.1. The zero-order valence-electron chi connectivity index (χ0n) is 16.1. The smallest absolute Gasteiger partial charge is 0.293 e. The van der Waals surface area contributed by atoms with Crippen molar-refractivity contribution in [2.45, 2.75) is 25.8 Å². The van der Waals surface area contributed by atoms with Gasteiger partial charge >= 0.3 is 0 Å². The standard InChI is InChI=1S/C18H21N9O3/c19-16-17(24-30-23-16)27-14(11-26-7-2-1-3-8-26)15(21-25-27)18(29)22-20-10-12-5-4-6-13(28)9-12/h4-6,9-10,28H,1-3,7-8,11H2,(H2,19,23)(H,22,29)/b20-10+. The summed E-state index contributed by atoms with van der Waals surface area (Å²) >= 11 is 0. The Hall–Kier alpha value is -3.80. The van der Waals surface area contributed by atoms with Crippen LogP contribution in [0.3, 0.4) is 0 Å². The van der Waals surface area contributed by atoms with E-state index in [0.717, 1.165) is 25.9 Å². The highest BCUT2D eigenvalue weighted by atomic mass is 16.6. The maximum absolute atomic E-state index is 12.7. The number of carbonyl (C=O) groups is 1. The van der Waals surface area contributed by atoms with Gasteiger partial charge in [-0.2, -0.15) is 9.78 Å². The largest absolute Gasteiger partial charge is 0.508 e. The van der Waals surface area contributed by atoms with E-state index in [-0.39, 0.29) is 23.1 Å². The molecule has 0 radical (unpaired) electrons. The highest BCUT2D eigenvalue weighted by Gasteiger charge is 2.26. The quantitative estimate of drug-likeness (QED) is 0.391. The molecule has 1 aliphatic heterocycles. The molecule has 1 aromatic carbocycles. The van der Waals surface area contributed by atoms with Gasteiger partial charge in [0.05, 0.1) is 11.9 Å². The maximum atomic E-state index is 12.7. The summed E-state index contributed by atoms with van der Waals surface area (Å²) in [6, 6.07) is 6.49. The first-order valence-corrected chi connectivity index (χ1v) is 9.49. The number of piperidine rings is 1. The second kappa shape index (κ2) is 8.69. The number of nitrogen functional groups attached to an aromatic ring is 1.